The monoisotopic (exact) mass is 604 g/mol. The molecule has 1 aliphatic rings. The molecule has 8 aromatic rings. The third-order valence-corrected chi connectivity index (χ3v) is 9.78. The standard InChI is InChI=1S/C44H32N2O/c1-44(2)38-17-10-9-16-34(38)37-27-32(21-23-39(37)44)46(40-18-11-19-41-43(40)35-24-25-45-28-42(35)47-41)31-20-22-33(29-12-5-3-6-13-29)36(26-31)30-14-7-4-8-15-30/h3-28H,1-2H3. The van der Waals surface area contributed by atoms with Gasteiger partial charge in [0.1, 0.15) is 5.58 Å². The van der Waals surface area contributed by atoms with Crippen LogP contribution in [0, 0.1) is 0 Å². The van der Waals surface area contributed by atoms with E-state index in [2.05, 4.69) is 163 Å². The van der Waals surface area contributed by atoms with Crippen molar-refractivity contribution in [2.75, 3.05) is 4.90 Å². The van der Waals surface area contributed by atoms with Crippen molar-refractivity contribution in [3.63, 3.8) is 0 Å². The van der Waals surface area contributed by atoms with E-state index in [0.29, 0.717) is 0 Å². The highest BCUT2D eigenvalue weighted by atomic mass is 16.3. The summed E-state index contributed by atoms with van der Waals surface area (Å²) in [5, 5.41) is 2.12. The zero-order chi connectivity index (χ0) is 31.5. The van der Waals surface area contributed by atoms with Crippen LogP contribution < -0.4 is 4.90 Å². The van der Waals surface area contributed by atoms with Crippen molar-refractivity contribution in [3.8, 4) is 33.4 Å². The number of benzene rings is 6. The van der Waals surface area contributed by atoms with Gasteiger partial charge in [-0.05, 0) is 87.0 Å². The molecule has 47 heavy (non-hydrogen) atoms. The molecule has 0 saturated heterocycles. The third kappa shape index (κ3) is 4.31. The second-order valence-electron chi connectivity index (χ2n) is 12.8. The van der Waals surface area contributed by atoms with E-state index in [4.69, 9.17) is 4.42 Å². The van der Waals surface area contributed by atoms with Crippen LogP contribution in [0.5, 0.6) is 0 Å². The molecular formula is C44H32N2O. The van der Waals surface area contributed by atoms with Crippen LogP contribution in [-0.4, -0.2) is 4.98 Å². The second-order valence-corrected chi connectivity index (χ2v) is 12.8. The third-order valence-electron chi connectivity index (χ3n) is 9.78. The maximum atomic E-state index is 6.34. The number of hydrogen-bond donors (Lipinski definition) is 0. The van der Waals surface area contributed by atoms with Crippen molar-refractivity contribution in [3.05, 3.63) is 169 Å². The lowest BCUT2D eigenvalue weighted by molar-refractivity contribution is 0.660. The predicted octanol–water partition coefficient (Wildman–Crippen LogP) is 12.1. The minimum atomic E-state index is -0.0686. The first kappa shape index (κ1) is 27.4. The van der Waals surface area contributed by atoms with E-state index in [9.17, 15) is 0 Å². The van der Waals surface area contributed by atoms with E-state index in [1.165, 1.54) is 44.5 Å². The summed E-state index contributed by atoms with van der Waals surface area (Å²) in [6.45, 7) is 4.66. The average Bonchev–Trinajstić information content (AvgIpc) is 3.62. The summed E-state index contributed by atoms with van der Waals surface area (Å²) in [7, 11) is 0. The molecule has 2 heterocycles. The number of fused-ring (bicyclic) bond motifs is 6. The first-order valence-electron chi connectivity index (χ1n) is 16.1. The van der Waals surface area contributed by atoms with Gasteiger partial charge in [-0.3, -0.25) is 4.98 Å². The molecule has 2 aromatic heterocycles. The molecule has 3 nitrogen and oxygen atoms in total. The summed E-state index contributed by atoms with van der Waals surface area (Å²) in [6, 6.07) is 52.4. The van der Waals surface area contributed by atoms with Gasteiger partial charge >= 0.3 is 0 Å². The predicted molar refractivity (Wildman–Crippen MR) is 195 cm³/mol. The number of anilines is 3. The van der Waals surface area contributed by atoms with Crippen LogP contribution in [-0.2, 0) is 5.41 Å². The number of hydrogen-bond acceptors (Lipinski definition) is 3. The van der Waals surface area contributed by atoms with E-state index in [1.807, 2.05) is 12.3 Å². The Balaban J connectivity index is 1.33. The Hall–Kier alpha value is -5.93. The summed E-state index contributed by atoms with van der Waals surface area (Å²) in [5.74, 6) is 0. The smallest absolute Gasteiger partial charge is 0.153 e. The highest BCUT2D eigenvalue weighted by molar-refractivity contribution is 6.13. The van der Waals surface area contributed by atoms with Crippen LogP contribution in [0.4, 0.5) is 17.1 Å². The molecule has 0 unspecified atom stereocenters. The summed E-state index contributed by atoms with van der Waals surface area (Å²) < 4.78 is 6.34. The van der Waals surface area contributed by atoms with E-state index in [1.54, 1.807) is 6.20 Å². The number of nitrogens with zero attached hydrogens (tertiary/aromatic N) is 2. The van der Waals surface area contributed by atoms with Gasteiger partial charge in [-0.15, -0.1) is 0 Å². The first-order valence-corrected chi connectivity index (χ1v) is 16.1. The Kier molecular flexibility index (Phi) is 6.16. The minimum Gasteiger partial charge on any atom is -0.454 e. The zero-order valence-corrected chi connectivity index (χ0v) is 26.3. The summed E-state index contributed by atoms with van der Waals surface area (Å²) in [6.07, 6.45) is 3.65. The molecule has 0 radical (unpaired) electrons. The van der Waals surface area contributed by atoms with Crippen molar-refractivity contribution in [2.45, 2.75) is 19.3 Å². The van der Waals surface area contributed by atoms with Gasteiger partial charge < -0.3 is 9.32 Å². The number of aromatic nitrogens is 1. The number of furan rings is 1. The molecule has 3 heteroatoms. The minimum absolute atomic E-state index is 0.0686. The molecule has 1 aliphatic carbocycles. The van der Waals surface area contributed by atoms with Gasteiger partial charge in [0, 0.05) is 28.4 Å². The molecule has 9 rings (SSSR count). The summed E-state index contributed by atoms with van der Waals surface area (Å²) in [4.78, 5) is 6.75. The maximum Gasteiger partial charge on any atom is 0.153 e. The van der Waals surface area contributed by atoms with Gasteiger partial charge in [-0.2, -0.15) is 0 Å². The molecule has 224 valence electrons. The van der Waals surface area contributed by atoms with E-state index in [0.717, 1.165) is 39.0 Å². The average molecular weight is 605 g/mol. The Labute approximate surface area is 274 Å². The van der Waals surface area contributed by atoms with E-state index >= 15 is 0 Å². The molecule has 0 N–H and O–H groups in total. The molecule has 0 atom stereocenters. The fourth-order valence-electron chi connectivity index (χ4n) is 7.52. The van der Waals surface area contributed by atoms with Crippen LogP contribution in [0.25, 0.3) is 55.3 Å². The zero-order valence-electron chi connectivity index (χ0n) is 26.3. The lowest BCUT2D eigenvalue weighted by Gasteiger charge is -2.28. The topological polar surface area (TPSA) is 29.3 Å². The van der Waals surface area contributed by atoms with Gasteiger partial charge in [0.25, 0.3) is 0 Å². The Morgan fingerprint density at radius 2 is 1.19 bits per heavy atom. The molecule has 0 bridgehead atoms. The normalized spacial score (nSPS) is 13.1. The second kappa shape index (κ2) is 10.6. The lowest BCUT2D eigenvalue weighted by Crippen LogP contribution is -2.15. The number of pyridine rings is 1. The lowest BCUT2D eigenvalue weighted by atomic mass is 9.82. The SMILES string of the molecule is CC1(C)c2ccccc2-c2cc(N(c3ccc(-c4ccccc4)c(-c4ccccc4)c3)c3cccc4oc5cnccc5c34)ccc21. The van der Waals surface area contributed by atoms with Gasteiger partial charge in [-0.1, -0.05) is 117 Å². The van der Waals surface area contributed by atoms with E-state index < -0.39 is 0 Å². The molecule has 6 aromatic carbocycles. The molecule has 0 amide bonds. The fraction of sp³-hybridized carbons (Fsp3) is 0.0682. The van der Waals surface area contributed by atoms with Gasteiger partial charge in [0.2, 0.25) is 0 Å². The Bertz CT molecular complexity index is 2440. The summed E-state index contributed by atoms with van der Waals surface area (Å²) >= 11 is 0. The van der Waals surface area contributed by atoms with Crippen LogP contribution in [0.15, 0.2) is 162 Å². The Morgan fingerprint density at radius 3 is 1.98 bits per heavy atom. The largest absolute Gasteiger partial charge is 0.454 e. The van der Waals surface area contributed by atoms with Crippen molar-refractivity contribution < 1.29 is 4.42 Å². The van der Waals surface area contributed by atoms with Crippen LogP contribution in [0.1, 0.15) is 25.0 Å². The highest BCUT2D eigenvalue weighted by Crippen LogP contribution is 2.51. The summed E-state index contributed by atoms with van der Waals surface area (Å²) in [5.41, 5.74) is 14.8. The molecule has 0 aliphatic heterocycles. The number of rotatable bonds is 5. The van der Waals surface area contributed by atoms with Crippen LogP contribution in [0.3, 0.4) is 0 Å². The quantitative estimate of drug-likeness (QED) is 0.196. The molecule has 0 saturated carbocycles. The van der Waals surface area contributed by atoms with Crippen LogP contribution in [0.2, 0.25) is 0 Å². The highest BCUT2D eigenvalue weighted by Gasteiger charge is 2.35. The van der Waals surface area contributed by atoms with E-state index in [-0.39, 0.29) is 5.41 Å². The Morgan fingerprint density at radius 1 is 0.532 bits per heavy atom. The fourth-order valence-corrected chi connectivity index (χ4v) is 7.52. The van der Waals surface area contributed by atoms with Gasteiger partial charge in [-0.25, -0.2) is 0 Å². The van der Waals surface area contributed by atoms with Crippen LogP contribution >= 0.6 is 0 Å². The van der Waals surface area contributed by atoms with Crippen molar-refractivity contribution >= 4 is 39.0 Å². The van der Waals surface area contributed by atoms with Crippen molar-refractivity contribution in [1.82, 2.24) is 4.98 Å². The van der Waals surface area contributed by atoms with Crippen molar-refractivity contribution in [2.24, 2.45) is 0 Å². The molecular weight excluding hydrogens is 572 g/mol. The molecule has 0 spiro atoms. The van der Waals surface area contributed by atoms with Gasteiger partial charge in [0.15, 0.2) is 5.58 Å². The van der Waals surface area contributed by atoms with Crippen molar-refractivity contribution in [1.29, 1.82) is 0 Å². The first-order chi connectivity index (χ1) is 23.1. The van der Waals surface area contributed by atoms with Gasteiger partial charge in [0.05, 0.1) is 17.3 Å². The maximum absolute atomic E-state index is 6.34. The molecule has 0 fully saturated rings.